The molecule has 5 heteroatoms. The number of aromatic nitrogens is 2. The Labute approximate surface area is 117 Å². The van der Waals surface area contributed by atoms with Crippen molar-refractivity contribution in [2.24, 2.45) is 5.73 Å². The predicted molar refractivity (Wildman–Crippen MR) is 78.1 cm³/mol. The molecule has 0 radical (unpaired) electrons. The maximum Gasteiger partial charge on any atom is 0.186 e. The van der Waals surface area contributed by atoms with E-state index in [0.29, 0.717) is 5.69 Å². The second kappa shape index (κ2) is 5.43. The lowest BCUT2D eigenvalue weighted by atomic mass is 9.90. The lowest BCUT2D eigenvalue weighted by molar-refractivity contribution is 0.404. The van der Waals surface area contributed by atoms with E-state index in [2.05, 4.69) is 21.6 Å². The number of fused-ring (bicyclic) bond motifs is 1. The first kappa shape index (κ1) is 12.8. The zero-order chi connectivity index (χ0) is 13.9. The van der Waals surface area contributed by atoms with Crippen molar-refractivity contribution >= 4 is 16.6 Å². The zero-order valence-corrected chi connectivity index (χ0v) is 11.2. The molecule has 0 amide bonds. The van der Waals surface area contributed by atoms with Crippen molar-refractivity contribution < 1.29 is 0 Å². The predicted octanol–water partition coefficient (Wildman–Crippen LogP) is 2.18. The Hall–Kier alpha value is -2.19. The molecule has 3 N–H and O–H groups in total. The average Bonchev–Trinajstić information content (AvgIpc) is 2.50. The Bertz CT molecular complexity index is 661. The van der Waals surface area contributed by atoms with Gasteiger partial charge < -0.3 is 11.1 Å². The summed E-state index contributed by atoms with van der Waals surface area (Å²) in [6, 6.07) is 10.2. The van der Waals surface area contributed by atoms with E-state index in [9.17, 15) is 5.26 Å². The summed E-state index contributed by atoms with van der Waals surface area (Å²) >= 11 is 0. The Morgan fingerprint density at radius 3 is 2.80 bits per heavy atom. The number of benzene rings is 1. The van der Waals surface area contributed by atoms with E-state index >= 15 is 0 Å². The first-order valence-electron chi connectivity index (χ1n) is 6.97. The summed E-state index contributed by atoms with van der Waals surface area (Å²) in [5.41, 5.74) is 8.07. The standard InChI is InChI=1S/C15H17N5/c16-9-14-15(18-13-8-4-2-6-11(13)17)10-5-1-3-7-12(10)19-20-14/h1,3,5,7,11,13H,2,4,6,8,17H2,(H,18,19). The van der Waals surface area contributed by atoms with Crippen LogP contribution < -0.4 is 11.1 Å². The lowest BCUT2D eigenvalue weighted by Gasteiger charge is -2.30. The van der Waals surface area contributed by atoms with Gasteiger partial charge in [0.2, 0.25) is 0 Å². The van der Waals surface area contributed by atoms with E-state index in [1.54, 1.807) is 0 Å². The van der Waals surface area contributed by atoms with Crippen molar-refractivity contribution in [3.8, 4) is 6.07 Å². The number of rotatable bonds is 2. The van der Waals surface area contributed by atoms with Crippen molar-refractivity contribution in [3.63, 3.8) is 0 Å². The van der Waals surface area contributed by atoms with Gasteiger partial charge in [0.15, 0.2) is 5.69 Å². The molecule has 1 saturated carbocycles. The summed E-state index contributed by atoms with van der Waals surface area (Å²) < 4.78 is 0. The first-order chi connectivity index (χ1) is 9.79. The molecule has 1 aliphatic rings. The fourth-order valence-electron chi connectivity index (χ4n) is 2.80. The number of nitrogens with two attached hydrogens (primary N) is 1. The Morgan fingerprint density at radius 1 is 1.20 bits per heavy atom. The van der Waals surface area contributed by atoms with Gasteiger partial charge in [-0.1, -0.05) is 31.0 Å². The van der Waals surface area contributed by atoms with Gasteiger partial charge in [-0.2, -0.15) is 5.26 Å². The number of hydrogen-bond acceptors (Lipinski definition) is 5. The first-order valence-corrected chi connectivity index (χ1v) is 6.97. The topological polar surface area (TPSA) is 87.6 Å². The summed E-state index contributed by atoms with van der Waals surface area (Å²) in [5, 5.41) is 21.7. The van der Waals surface area contributed by atoms with Crippen LogP contribution >= 0.6 is 0 Å². The van der Waals surface area contributed by atoms with Crippen LogP contribution in [0.5, 0.6) is 0 Å². The van der Waals surface area contributed by atoms with Crippen molar-refractivity contribution in [2.45, 2.75) is 37.8 Å². The maximum absolute atomic E-state index is 9.25. The molecule has 1 aliphatic carbocycles. The van der Waals surface area contributed by atoms with Crippen LogP contribution in [0, 0.1) is 11.3 Å². The summed E-state index contributed by atoms with van der Waals surface area (Å²) in [6.45, 7) is 0. The number of nitrogens with one attached hydrogen (secondary N) is 1. The largest absolute Gasteiger partial charge is 0.378 e. The molecule has 1 aromatic heterocycles. The van der Waals surface area contributed by atoms with Crippen LogP contribution in [0.25, 0.3) is 10.9 Å². The van der Waals surface area contributed by atoms with Gasteiger partial charge in [0.1, 0.15) is 6.07 Å². The molecule has 2 unspecified atom stereocenters. The highest BCUT2D eigenvalue weighted by molar-refractivity contribution is 5.92. The normalized spacial score (nSPS) is 22.4. The van der Waals surface area contributed by atoms with E-state index in [1.165, 1.54) is 12.8 Å². The van der Waals surface area contributed by atoms with Crippen molar-refractivity contribution in [1.29, 1.82) is 5.26 Å². The summed E-state index contributed by atoms with van der Waals surface area (Å²) in [6.07, 6.45) is 4.40. The Kier molecular flexibility index (Phi) is 3.48. The summed E-state index contributed by atoms with van der Waals surface area (Å²) in [4.78, 5) is 0. The highest BCUT2D eigenvalue weighted by Crippen LogP contribution is 2.27. The van der Waals surface area contributed by atoms with Crippen LogP contribution in [0.3, 0.4) is 0 Å². The molecule has 0 spiro atoms. The number of nitrogens with zero attached hydrogens (tertiary/aromatic N) is 3. The zero-order valence-electron chi connectivity index (χ0n) is 11.2. The number of hydrogen-bond donors (Lipinski definition) is 2. The third-order valence-electron chi connectivity index (χ3n) is 3.92. The smallest absolute Gasteiger partial charge is 0.186 e. The van der Waals surface area contributed by atoms with Crippen LogP contribution in [0.4, 0.5) is 5.69 Å². The van der Waals surface area contributed by atoms with Crippen LogP contribution in [-0.4, -0.2) is 22.3 Å². The van der Waals surface area contributed by atoms with Gasteiger partial charge in [0.25, 0.3) is 0 Å². The minimum absolute atomic E-state index is 0.127. The van der Waals surface area contributed by atoms with Crippen LogP contribution in [-0.2, 0) is 0 Å². The molecule has 0 bridgehead atoms. The molecule has 20 heavy (non-hydrogen) atoms. The minimum atomic E-state index is 0.127. The summed E-state index contributed by atoms with van der Waals surface area (Å²) in [5.74, 6) is 0. The highest BCUT2D eigenvalue weighted by atomic mass is 15.1. The molecule has 2 aromatic rings. The molecular formula is C15H17N5. The fraction of sp³-hybridized carbons (Fsp3) is 0.400. The van der Waals surface area contributed by atoms with Crippen LogP contribution in [0.2, 0.25) is 0 Å². The molecule has 3 rings (SSSR count). The summed E-state index contributed by atoms with van der Waals surface area (Å²) in [7, 11) is 0. The minimum Gasteiger partial charge on any atom is -0.378 e. The second-order valence-corrected chi connectivity index (χ2v) is 5.25. The average molecular weight is 267 g/mol. The third-order valence-corrected chi connectivity index (χ3v) is 3.92. The van der Waals surface area contributed by atoms with Gasteiger partial charge in [-0.3, -0.25) is 0 Å². The Morgan fingerprint density at radius 2 is 2.00 bits per heavy atom. The molecule has 0 aliphatic heterocycles. The second-order valence-electron chi connectivity index (χ2n) is 5.25. The monoisotopic (exact) mass is 267 g/mol. The Balaban J connectivity index is 2.02. The number of anilines is 1. The van der Waals surface area contributed by atoms with Gasteiger partial charge in [0, 0.05) is 17.5 Å². The fourth-order valence-corrected chi connectivity index (χ4v) is 2.80. The van der Waals surface area contributed by atoms with E-state index in [1.807, 2.05) is 24.3 Å². The molecule has 2 atom stereocenters. The van der Waals surface area contributed by atoms with E-state index in [-0.39, 0.29) is 12.1 Å². The van der Waals surface area contributed by atoms with Crippen molar-refractivity contribution in [2.75, 3.05) is 5.32 Å². The molecule has 1 aromatic carbocycles. The van der Waals surface area contributed by atoms with Gasteiger partial charge in [-0.15, -0.1) is 10.2 Å². The van der Waals surface area contributed by atoms with Crippen molar-refractivity contribution in [3.05, 3.63) is 30.0 Å². The van der Waals surface area contributed by atoms with Crippen LogP contribution in [0.1, 0.15) is 31.4 Å². The number of nitriles is 1. The van der Waals surface area contributed by atoms with Crippen molar-refractivity contribution in [1.82, 2.24) is 10.2 Å². The van der Waals surface area contributed by atoms with E-state index < -0.39 is 0 Å². The van der Waals surface area contributed by atoms with E-state index in [0.717, 1.165) is 29.4 Å². The van der Waals surface area contributed by atoms with E-state index in [4.69, 9.17) is 5.73 Å². The molecule has 1 fully saturated rings. The van der Waals surface area contributed by atoms with Gasteiger partial charge in [-0.05, 0) is 18.9 Å². The molecule has 102 valence electrons. The lowest BCUT2D eigenvalue weighted by Crippen LogP contribution is -2.42. The molecule has 1 heterocycles. The molecular weight excluding hydrogens is 250 g/mol. The maximum atomic E-state index is 9.25. The molecule has 5 nitrogen and oxygen atoms in total. The van der Waals surface area contributed by atoms with Gasteiger partial charge in [0.05, 0.1) is 11.2 Å². The molecule has 0 saturated heterocycles. The van der Waals surface area contributed by atoms with Gasteiger partial charge >= 0.3 is 0 Å². The SMILES string of the molecule is N#Cc1nnc2ccccc2c1NC1CCCCC1N. The highest BCUT2D eigenvalue weighted by Gasteiger charge is 2.23. The quantitative estimate of drug-likeness (QED) is 0.870. The third kappa shape index (κ3) is 2.30. The van der Waals surface area contributed by atoms with Gasteiger partial charge in [-0.25, -0.2) is 0 Å². The van der Waals surface area contributed by atoms with Crippen LogP contribution in [0.15, 0.2) is 24.3 Å².